The molecule has 0 atom stereocenters. The predicted molar refractivity (Wildman–Crippen MR) is 74.6 cm³/mol. The summed E-state index contributed by atoms with van der Waals surface area (Å²) in [4.78, 5) is 16.2. The molecular formula is C14H19N3O2. The van der Waals surface area contributed by atoms with E-state index in [1.807, 2.05) is 19.2 Å². The fourth-order valence-electron chi connectivity index (χ4n) is 2.73. The molecule has 5 nitrogen and oxygen atoms in total. The van der Waals surface area contributed by atoms with Crippen molar-refractivity contribution in [2.24, 2.45) is 0 Å². The quantitative estimate of drug-likeness (QED) is 0.757. The topological polar surface area (TPSA) is 58.8 Å². The van der Waals surface area contributed by atoms with E-state index in [1.54, 1.807) is 4.90 Å². The van der Waals surface area contributed by atoms with Gasteiger partial charge in [0.25, 0.3) is 5.91 Å². The van der Waals surface area contributed by atoms with Crippen molar-refractivity contribution in [3.8, 4) is 0 Å². The summed E-state index contributed by atoms with van der Waals surface area (Å²) in [5, 5.41) is 0. The highest BCUT2D eigenvalue weighted by Gasteiger charge is 2.24. The third-order valence-electron chi connectivity index (χ3n) is 3.90. The van der Waals surface area contributed by atoms with Gasteiger partial charge in [0.15, 0.2) is 0 Å². The molecule has 1 amide bonds. The molecule has 2 heterocycles. The smallest absolute Gasteiger partial charge is 0.253 e. The number of nitrogens with two attached hydrogens (primary N) is 1. The predicted octanol–water partition coefficient (Wildman–Crippen LogP) is 0.734. The largest absolute Gasteiger partial charge is 0.397 e. The number of rotatable bonds is 1. The van der Waals surface area contributed by atoms with Gasteiger partial charge in [-0.2, -0.15) is 0 Å². The second kappa shape index (κ2) is 4.74. The SMILES string of the molecule is CN1CCc2cc(N)c(N3CCOCC3)cc2C1=O. The number of anilines is 2. The summed E-state index contributed by atoms with van der Waals surface area (Å²) in [6.07, 6.45) is 0.880. The van der Waals surface area contributed by atoms with Gasteiger partial charge in [-0.15, -0.1) is 0 Å². The van der Waals surface area contributed by atoms with Crippen molar-refractivity contribution < 1.29 is 9.53 Å². The molecule has 0 unspecified atom stereocenters. The van der Waals surface area contributed by atoms with Gasteiger partial charge < -0.3 is 20.3 Å². The fraction of sp³-hybridized carbons (Fsp3) is 0.500. The summed E-state index contributed by atoms with van der Waals surface area (Å²) < 4.78 is 5.35. The summed E-state index contributed by atoms with van der Waals surface area (Å²) >= 11 is 0. The van der Waals surface area contributed by atoms with Crippen LogP contribution in [0.2, 0.25) is 0 Å². The highest BCUT2D eigenvalue weighted by Crippen LogP contribution is 2.30. The lowest BCUT2D eigenvalue weighted by atomic mass is 9.97. The van der Waals surface area contributed by atoms with Gasteiger partial charge in [-0.3, -0.25) is 4.79 Å². The number of likely N-dealkylation sites (N-methyl/N-ethyl adjacent to an activating group) is 1. The first-order valence-corrected chi connectivity index (χ1v) is 6.67. The van der Waals surface area contributed by atoms with E-state index in [0.717, 1.165) is 48.6 Å². The highest BCUT2D eigenvalue weighted by molar-refractivity contribution is 5.98. The first-order chi connectivity index (χ1) is 9.16. The second-order valence-electron chi connectivity index (χ2n) is 5.14. The van der Waals surface area contributed by atoms with E-state index in [9.17, 15) is 4.79 Å². The number of hydrogen-bond acceptors (Lipinski definition) is 4. The van der Waals surface area contributed by atoms with Gasteiger partial charge in [0.1, 0.15) is 0 Å². The average molecular weight is 261 g/mol. The lowest BCUT2D eigenvalue weighted by Gasteiger charge is -2.32. The normalized spacial score (nSPS) is 19.5. The zero-order chi connectivity index (χ0) is 13.4. The Balaban J connectivity index is 1.99. The molecule has 3 rings (SSSR count). The lowest BCUT2D eigenvalue weighted by molar-refractivity contribution is 0.0781. The Morgan fingerprint density at radius 1 is 1.21 bits per heavy atom. The van der Waals surface area contributed by atoms with Gasteiger partial charge >= 0.3 is 0 Å². The van der Waals surface area contributed by atoms with Crippen molar-refractivity contribution in [3.63, 3.8) is 0 Å². The zero-order valence-corrected chi connectivity index (χ0v) is 11.2. The van der Waals surface area contributed by atoms with Crippen LogP contribution in [0.1, 0.15) is 15.9 Å². The first-order valence-electron chi connectivity index (χ1n) is 6.67. The number of nitrogen functional groups attached to an aromatic ring is 1. The summed E-state index contributed by atoms with van der Waals surface area (Å²) in [6.45, 7) is 3.84. The molecule has 0 spiro atoms. The van der Waals surface area contributed by atoms with Crippen LogP contribution in [0.15, 0.2) is 12.1 Å². The van der Waals surface area contributed by atoms with E-state index < -0.39 is 0 Å². The van der Waals surface area contributed by atoms with Crippen LogP contribution in [0.5, 0.6) is 0 Å². The van der Waals surface area contributed by atoms with Crippen LogP contribution in [-0.4, -0.2) is 50.7 Å². The molecule has 5 heteroatoms. The zero-order valence-electron chi connectivity index (χ0n) is 11.2. The minimum Gasteiger partial charge on any atom is -0.397 e. The Hall–Kier alpha value is -1.75. The van der Waals surface area contributed by atoms with Crippen LogP contribution in [-0.2, 0) is 11.2 Å². The average Bonchev–Trinajstić information content (AvgIpc) is 2.44. The lowest BCUT2D eigenvalue weighted by Crippen LogP contribution is -2.38. The van der Waals surface area contributed by atoms with Crippen molar-refractivity contribution in [2.75, 3.05) is 50.5 Å². The molecule has 0 aromatic heterocycles. The molecule has 19 heavy (non-hydrogen) atoms. The Kier molecular flexibility index (Phi) is 3.06. The summed E-state index contributed by atoms with van der Waals surface area (Å²) in [7, 11) is 1.84. The van der Waals surface area contributed by atoms with Crippen LogP contribution in [0.25, 0.3) is 0 Å². The van der Waals surface area contributed by atoms with Gasteiger partial charge in [-0.1, -0.05) is 0 Å². The van der Waals surface area contributed by atoms with Crippen molar-refractivity contribution in [1.29, 1.82) is 0 Å². The van der Waals surface area contributed by atoms with Crippen LogP contribution < -0.4 is 10.6 Å². The maximum Gasteiger partial charge on any atom is 0.253 e. The Labute approximate surface area is 112 Å². The molecule has 0 radical (unpaired) electrons. The molecule has 0 bridgehead atoms. The number of morpholine rings is 1. The van der Waals surface area contributed by atoms with Crippen LogP contribution in [0, 0.1) is 0 Å². The molecule has 1 saturated heterocycles. The van der Waals surface area contributed by atoms with Crippen LogP contribution in [0.3, 0.4) is 0 Å². The number of hydrogen-bond donors (Lipinski definition) is 1. The Bertz CT molecular complexity index is 510. The number of ether oxygens (including phenoxy) is 1. The van der Waals surface area contributed by atoms with Crippen molar-refractivity contribution in [2.45, 2.75) is 6.42 Å². The monoisotopic (exact) mass is 261 g/mol. The van der Waals surface area contributed by atoms with Gasteiger partial charge in [-0.25, -0.2) is 0 Å². The highest BCUT2D eigenvalue weighted by atomic mass is 16.5. The molecule has 2 N–H and O–H groups in total. The second-order valence-corrected chi connectivity index (χ2v) is 5.14. The van der Waals surface area contributed by atoms with E-state index in [2.05, 4.69) is 4.90 Å². The maximum atomic E-state index is 12.2. The summed E-state index contributed by atoms with van der Waals surface area (Å²) in [6, 6.07) is 3.92. The Morgan fingerprint density at radius 2 is 1.95 bits per heavy atom. The van der Waals surface area contributed by atoms with Gasteiger partial charge in [0.2, 0.25) is 0 Å². The summed E-state index contributed by atoms with van der Waals surface area (Å²) in [5.41, 5.74) is 9.74. The molecule has 1 fully saturated rings. The van der Waals surface area contributed by atoms with Crippen molar-refractivity contribution in [3.05, 3.63) is 23.3 Å². The molecule has 0 aliphatic carbocycles. The third kappa shape index (κ3) is 2.14. The van der Waals surface area contributed by atoms with E-state index in [1.165, 1.54) is 0 Å². The molecular weight excluding hydrogens is 242 g/mol. The number of carbonyl (C=O) groups excluding carboxylic acids is 1. The van der Waals surface area contributed by atoms with Crippen LogP contribution in [0.4, 0.5) is 11.4 Å². The Morgan fingerprint density at radius 3 is 2.68 bits per heavy atom. The minimum absolute atomic E-state index is 0.0933. The molecule has 1 aromatic rings. The van der Waals surface area contributed by atoms with Gasteiger partial charge in [0.05, 0.1) is 24.6 Å². The van der Waals surface area contributed by atoms with Crippen molar-refractivity contribution in [1.82, 2.24) is 4.90 Å². The van der Waals surface area contributed by atoms with E-state index in [-0.39, 0.29) is 5.91 Å². The van der Waals surface area contributed by atoms with Gasteiger partial charge in [-0.05, 0) is 24.1 Å². The number of fused-ring (bicyclic) bond motifs is 1. The fourth-order valence-corrected chi connectivity index (χ4v) is 2.73. The van der Waals surface area contributed by atoms with E-state index in [0.29, 0.717) is 13.2 Å². The van der Waals surface area contributed by atoms with Crippen LogP contribution >= 0.6 is 0 Å². The minimum atomic E-state index is 0.0933. The molecule has 102 valence electrons. The molecule has 1 aromatic carbocycles. The first kappa shape index (κ1) is 12.3. The maximum absolute atomic E-state index is 12.2. The third-order valence-corrected chi connectivity index (χ3v) is 3.90. The van der Waals surface area contributed by atoms with E-state index >= 15 is 0 Å². The molecule has 0 saturated carbocycles. The molecule has 2 aliphatic rings. The molecule has 2 aliphatic heterocycles. The summed E-state index contributed by atoms with van der Waals surface area (Å²) in [5.74, 6) is 0.0933. The number of nitrogens with zero attached hydrogens (tertiary/aromatic N) is 2. The van der Waals surface area contributed by atoms with Gasteiger partial charge in [0, 0.05) is 32.2 Å². The standard InChI is InChI=1S/C14H19N3O2/c1-16-3-2-10-8-12(15)13(9-11(10)14(16)18)17-4-6-19-7-5-17/h8-9H,2-7,15H2,1H3. The number of amides is 1. The number of carbonyl (C=O) groups is 1. The van der Waals surface area contributed by atoms with Crippen molar-refractivity contribution >= 4 is 17.3 Å². The van der Waals surface area contributed by atoms with E-state index in [4.69, 9.17) is 10.5 Å². The number of benzene rings is 1.